The number of hydrogen-bond acceptors (Lipinski definition) is 8. The number of carboxylic acids is 1. The van der Waals surface area contributed by atoms with E-state index in [0.29, 0.717) is 18.8 Å². The van der Waals surface area contributed by atoms with E-state index in [0.717, 1.165) is 10.4 Å². The summed E-state index contributed by atoms with van der Waals surface area (Å²) in [5, 5.41) is 20.3. The van der Waals surface area contributed by atoms with Gasteiger partial charge in [-0.3, -0.25) is 4.79 Å². The third-order valence-electron chi connectivity index (χ3n) is 3.74. The molecule has 2 heterocycles. The first-order valence-corrected chi connectivity index (χ1v) is 8.43. The standard InChI is InChI=1S/C17H18FN7O3.ClH/c18-15-6-13(28-4-3-11-7-20-10-21-8-11)1-2-14(15)17-22-24-25(23-17)9-12(19)5-16(26)27;/h1-2,6-8,10,12H,3-5,9,19H2,(H,26,27);1H. The Morgan fingerprint density at radius 3 is 2.76 bits per heavy atom. The van der Waals surface area contributed by atoms with Crippen molar-refractivity contribution in [1.29, 1.82) is 0 Å². The monoisotopic (exact) mass is 423 g/mol. The second-order valence-electron chi connectivity index (χ2n) is 6.01. The van der Waals surface area contributed by atoms with Crippen LogP contribution in [0.4, 0.5) is 4.39 Å². The molecule has 0 aliphatic carbocycles. The first-order chi connectivity index (χ1) is 13.5. The third kappa shape index (κ3) is 6.43. The van der Waals surface area contributed by atoms with Crippen LogP contribution in [-0.4, -0.2) is 53.9 Å². The Labute approximate surface area is 171 Å². The lowest BCUT2D eigenvalue weighted by atomic mass is 10.2. The first-order valence-electron chi connectivity index (χ1n) is 8.43. The second kappa shape index (κ2) is 10.4. The Bertz CT molecular complexity index is 942. The molecule has 0 aliphatic heterocycles. The average Bonchev–Trinajstić information content (AvgIpc) is 3.10. The number of ether oxygens (including phenoxy) is 1. The van der Waals surface area contributed by atoms with Gasteiger partial charge in [0.2, 0.25) is 5.82 Å². The maximum Gasteiger partial charge on any atom is 0.304 e. The quantitative estimate of drug-likeness (QED) is 0.517. The summed E-state index contributed by atoms with van der Waals surface area (Å²) < 4.78 is 20.0. The highest BCUT2D eigenvalue weighted by atomic mass is 35.5. The summed E-state index contributed by atoms with van der Waals surface area (Å²) in [6.45, 7) is 0.410. The van der Waals surface area contributed by atoms with Gasteiger partial charge in [0.05, 0.1) is 25.1 Å². The molecule has 1 aromatic carbocycles. The smallest absolute Gasteiger partial charge is 0.304 e. The predicted octanol–water partition coefficient (Wildman–Crippen LogP) is 1.11. The summed E-state index contributed by atoms with van der Waals surface area (Å²) >= 11 is 0. The fourth-order valence-electron chi connectivity index (χ4n) is 2.44. The van der Waals surface area contributed by atoms with Crippen LogP contribution >= 0.6 is 12.4 Å². The number of aromatic nitrogens is 6. The van der Waals surface area contributed by atoms with Gasteiger partial charge in [-0.05, 0) is 22.9 Å². The minimum Gasteiger partial charge on any atom is -0.493 e. The fraction of sp³-hybridized carbons (Fsp3) is 0.294. The van der Waals surface area contributed by atoms with Crippen LogP contribution in [0.1, 0.15) is 12.0 Å². The van der Waals surface area contributed by atoms with Crippen LogP contribution in [0.5, 0.6) is 5.75 Å². The number of rotatable bonds is 9. The van der Waals surface area contributed by atoms with Crippen molar-refractivity contribution in [1.82, 2.24) is 30.2 Å². The minimum absolute atomic E-state index is 0. The molecule has 0 spiro atoms. The van der Waals surface area contributed by atoms with Gasteiger partial charge in [-0.1, -0.05) is 0 Å². The van der Waals surface area contributed by atoms with Crippen molar-refractivity contribution in [3.63, 3.8) is 0 Å². The summed E-state index contributed by atoms with van der Waals surface area (Å²) in [5.74, 6) is -1.13. The van der Waals surface area contributed by atoms with E-state index >= 15 is 0 Å². The molecule has 3 rings (SSSR count). The van der Waals surface area contributed by atoms with Gasteiger partial charge in [-0.25, -0.2) is 14.4 Å². The maximum atomic E-state index is 14.4. The van der Waals surface area contributed by atoms with E-state index in [1.54, 1.807) is 18.5 Å². The second-order valence-corrected chi connectivity index (χ2v) is 6.01. The Hall–Kier alpha value is -3.18. The van der Waals surface area contributed by atoms with Crippen LogP contribution < -0.4 is 10.5 Å². The van der Waals surface area contributed by atoms with Crippen molar-refractivity contribution in [2.45, 2.75) is 25.4 Å². The minimum atomic E-state index is -1.02. The highest BCUT2D eigenvalue weighted by Gasteiger charge is 2.15. The molecule has 10 nitrogen and oxygen atoms in total. The van der Waals surface area contributed by atoms with Crippen LogP contribution in [0.15, 0.2) is 36.9 Å². The van der Waals surface area contributed by atoms with Gasteiger partial charge in [-0.2, -0.15) is 4.80 Å². The molecule has 1 unspecified atom stereocenters. The van der Waals surface area contributed by atoms with Crippen molar-refractivity contribution in [3.05, 3.63) is 48.3 Å². The lowest BCUT2D eigenvalue weighted by Crippen LogP contribution is -2.30. The molecular weight excluding hydrogens is 405 g/mol. The summed E-state index contributed by atoms with van der Waals surface area (Å²) in [6.07, 6.45) is 5.19. The number of carboxylic acid groups (broad SMARTS) is 1. The van der Waals surface area contributed by atoms with Crippen molar-refractivity contribution in [2.75, 3.05) is 6.61 Å². The summed E-state index contributed by atoms with van der Waals surface area (Å²) in [5.41, 5.74) is 6.76. The Morgan fingerprint density at radius 2 is 2.07 bits per heavy atom. The molecule has 12 heteroatoms. The molecule has 3 aromatic rings. The van der Waals surface area contributed by atoms with E-state index in [1.807, 2.05) is 0 Å². The number of carbonyl (C=O) groups is 1. The van der Waals surface area contributed by atoms with Gasteiger partial charge in [0.15, 0.2) is 0 Å². The largest absolute Gasteiger partial charge is 0.493 e. The number of benzene rings is 1. The Kier molecular flexibility index (Phi) is 7.92. The zero-order valence-corrected chi connectivity index (χ0v) is 16.0. The zero-order chi connectivity index (χ0) is 19.9. The predicted molar refractivity (Wildman–Crippen MR) is 102 cm³/mol. The first kappa shape index (κ1) is 22.1. The molecule has 29 heavy (non-hydrogen) atoms. The molecule has 0 bridgehead atoms. The van der Waals surface area contributed by atoms with Gasteiger partial charge in [0.25, 0.3) is 0 Å². The van der Waals surface area contributed by atoms with Crippen molar-refractivity contribution < 1.29 is 19.0 Å². The Balaban J connectivity index is 0.00000300. The van der Waals surface area contributed by atoms with Crippen LogP contribution in [0.2, 0.25) is 0 Å². The summed E-state index contributed by atoms with van der Waals surface area (Å²) in [4.78, 5) is 19.6. The lowest BCUT2D eigenvalue weighted by molar-refractivity contribution is -0.137. The summed E-state index contributed by atoms with van der Waals surface area (Å²) in [7, 11) is 0. The molecule has 1 atom stereocenters. The molecule has 0 saturated heterocycles. The van der Waals surface area contributed by atoms with Gasteiger partial charge < -0.3 is 15.6 Å². The maximum absolute atomic E-state index is 14.4. The molecule has 154 valence electrons. The third-order valence-corrected chi connectivity index (χ3v) is 3.74. The van der Waals surface area contributed by atoms with Crippen molar-refractivity contribution >= 4 is 18.4 Å². The highest BCUT2D eigenvalue weighted by molar-refractivity contribution is 5.85. The van der Waals surface area contributed by atoms with Crippen LogP contribution in [0, 0.1) is 5.82 Å². The molecule has 0 fully saturated rings. The summed E-state index contributed by atoms with van der Waals surface area (Å²) in [6, 6.07) is 3.68. The van der Waals surface area contributed by atoms with E-state index in [1.165, 1.54) is 18.5 Å². The number of nitrogens with zero attached hydrogens (tertiary/aromatic N) is 6. The molecule has 0 saturated carbocycles. The Morgan fingerprint density at radius 1 is 1.31 bits per heavy atom. The van der Waals surface area contributed by atoms with Crippen LogP contribution in [0.3, 0.4) is 0 Å². The fourth-order valence-corrected chi connectivity index (χ4v) is 2.44. The topological polar surface area (TPSA) is 142 Å². The molecule has 2 aromatic heterocycles. The molecule has 0 radical (unpaired) electrons. The van der Waals surface area contributed by atoms with Gasteiger partial charge >= 0.3 is 5.97 Å². The number of tetrazole rings is 1. The number of hydrogen-bond donors (Lipinski definition) is 2. The van der Waals surface area contributed by atoms with Crippen molar-refractivity contribution in [2.24, 2.45) is 5.73 Å². The van der Waals surface area contributed by atoms with E-state index < -0.39 is 17.8 Å². The molecular formula is C17H19ClFN7O3. The van der Waals surface area contributed by atoms with E-state index in [4.69, 9.17) is 15.6 Å². The number of nitrogens with two attached hydrogens (primary N) is 1. The van der Waals surface area contributed by atoms with E-state index in [-0.39, 0.29) is 36.8 Å². The van der Waals surface area contributed by atoms with Gasteiger partial charge in [-0.15, -0.1) is 22.6 Å². The molecule has 0 amide bonds. The highest BCUT2D eigenvalue weighted by Crippen LogP contribution is 2.23. The van der Waals surface area contributed by atoms with Crippen molar-refractivity contribution in [3.8, 4) is 17.1 Å². The van der Waals surface area contributed by atoms with E-state index in [2.05, 4.69) is 25.4 Å². The van der Waals surface area contributed by atoms with Gasteiger partial charge in [0, 0.05) is 30.9 Å². The van der Waals surface area contributed by atoms with Gasteiger partial charge in [0.1, 0.15) is 17.9 Å². The number of aliphatic carboxylic acids is 1. The van der Waals surface area contributed by atoms with E-state index in [9.17, 15) is 9.18 Å². The number of halogens is 2. The van der Waals surface area contributed by atoms with Crippen LogP contribution in [0.25, 0.3) is 11.4 Å². The molecule has 3 N–H and O–H groups in total. The zero-order valence-electron chi connectivity index (χ0n) is 15.2. The normalized spacial score (nSPS) is 11.5. The molecule has 0 aliphatic rings. The SMILES string of the molecule is Cl.NC(CC(=O)O)Cn1nnc(-c2ccc(OCCc3cncnc3)cc2F)n1. The van der Waals surface area contributed by atoms with Crippen LogP contribution in [-0.2, 0) is 17.8 Å². The average molecular weight is 424 g/mol. The lowest BCUT2D eigenvalue weighted by Gasteiger charge is -2.07.